The fraction of sp³-hybridized carbons (Fsp3) is 0.294. The molecule has 0 heterocycles. The second kappa shape index (κ2) is 13.8. The molecule has 0 saturated heterocycles. The van der Waals surface area contributed by atoms with E-state index in [-0.39, 0.29) is 23.3 Å². The first-order valence-electron chi connectivity index (χ1n) is 14.2. The first kappa shape index (κ1) is 30.9. The lowest BCUT2D eigenvalue weighted by Gasteiger charge is -2.33. The third-order valence-corrected chi connectivity index (χ3v) is 8.98. The average Bonchev–Trinajstić information content (AvgIpc) is 2.97. The number of nitrogens with zero attached hydrogens (tertiary/aromatic N) is 2. The highest BCUT2D eigenvalue weighted by Gasteiger charge is 2.33. The molecule has 4 aromatic rings. The fourth-order valence-electron chi connectivity index (χ4n) is 4.86. The van der Waals surface area contributed by atoms with Crippen molar-refractivity contribution in [2.24, 2.45) is 5.92 Å². The van der Waals surface area contributed by atoms with Crippen LogP contribution in [0.3, 0.4) is 0 Å². The number of hydrogen-bond donors (Lipinski definition) is 1. The van der Waals surface area contributed by atoms with Crippen molar-refractivity contribution >= 4 is 32.6 Å². The topological polar surface area (TPSA) is 86.8 Å². The van der Waals surface area contributed by atoms with Gasteiger partial charge in [-0.05, 0) is 46.9 Å². The van der Waals surface area contributed by atoms with Crippen molar-refractivity contribution < 1.29 is 18.0 Å². The SMILES string of the molecule is Cc1cccc(CN(C(=O)CN(C)S(=O)(=O)c2ccc3ccccc3c2)[C@H](Cc2ccccc2)C(=O)NCC(C)C)c1. The van der Waals surface area contributed by atoms with Crippen molar-refractivity contribution in [3.63, 3.8) is 0 Å². The maximum Gasteiger partial charge on any atom is 0.243 e. The molecular weight excluding hydrogens is 546 g/mol. The summed E-state index contributed by atoms with van der Waals surface area (Å²) in [5.41, 5.74) is 2.79. The molecule has 0 aliphatic rings. The summed E-state index contributed by atoms with van der Waals surface area (Å²) >= 11 is 0. The molecule has 0 bridgehead atoms. The molecule has 0 radical (unpaired) electrons. The molecule has 220 valence electrons. The molecule has 0 aliphatic heterocycles. The van der Waals surface area contributed by atoms with Gasteiger partial charge in [0.05, 0.1) is 11.4 Å². The number of amides is 2. The van der Waals surface area contributed by atoms with E-state index in [2.05, 4.69) is 5.32 Å². The maximum atomic E-state index is 14.0. The molecule has 7 nitrogen and oxygen atoms in total. The largest absolute Gasteiger partial charge is 0.354 e. The molecule has 42 heavy (non-hydrogen) atoms. The highest BCUT2D eigenvalue weighted by atomic mass is 32.2. The number of rotatable bonds is 12. The van der Waals surface area contributed by atoms with Crippen LogP contribution in [0.5, 0.6) is 0 Å². The summed E-state index contributed by atoms with van der Waals surface area (Å²) in [6.45, 7) is 6.20. The Morgan fingerprint density at radius 2 is 1.48 bits per heavy atom. The van der Waals surface area contributed by atoms with E-state index < -0.39 is 28.5 Å². The Kier molecular flexibility index (Phi) is 10.1. The van der Waals surface area contributed by atoms with Crippen LogP contribution in [0.25, 0.3) is 10.8 Å². The average molecular weight is 586 g/mol. The van der Waals surface area contributed by atoms with Crippen LogP contribution in [0.4, 0.5) is 0 Å². The number of aryl methyl sites for hydroxylation is 1. The van der Waals surface area contributed by atoms with Crippen LogP contribution in [0.15, 0.2) is 102 Å². The standard InChI is InChI=1S/C34H39N3O4S/c1-25(2)22-35-34(39)32(20-27-12-6-5-7-13-27)37(23-28-14-10-11-26(3)19-28)33(38)24-36(4)42(40,41)31-18-17-29-15-8-9-16-30(29)21-31/h5-19,21,25,32H,20,22-24H2,1-4H3,(H,35,39)/t32-/m1/s1. The Bertz CT molecular complexity index is 1640. The summed E-state index contributed by atoms with van der Waals surface area (Å²) in [6, 6.07) is 28.9. The van der Waals surface area contributed by atoms with Gasteiger partial charge in [-0.25, -0.2) is 8.42 Å². The number of benzene rings is 4. The number of sulfonamides is 1. The monoisotopic (exact) mass is 585 g/mol. The number of carbonyl (C=O) groups excluding carboxylic acids is 2. The smallest absolute Gasteiger partial charge is 0.243 e. The van der Waals surface area contributed by atoms with Gasteiger partial charge in [0.15, 0.2) is 0 Å². The Labute approximate surface area is 249 Å². The summed E-state index contributed by atoms with van der Waals surface area (Å²) in [5, 5.41) is 4.72. The molecule has 0 saturated carbocycles. The Morgan fingerprint density at radius 3 is 2.17 bits per heavy atom. The van der Waals surface area contributed by atoms with Crippen molar-refractivity contribution in [3.8, 4) is 0 Å². The Balaban J connectivity index is 1.67. The van der Waals surface area contributed by atoms with Gasteiger partial charge in [0.25, 0.3) is 0 Å². The molecule has 0 fully saturated rings. The van der Waals surface area contributed by atoms with Gasteiger partial charge < -0.3 is 10.2 Å². The van der Waals surface area contributed by atoms with Gasteiger partial charge in [0.1, 0.15) is 6.04 Å². The summed E-state index contributed by atoms with van der Waals surface area (Å²) in [6.07, 6.45) is 0.295. The minimum absolute atomic E-state index is 0.109. The molecule has 1 atom stereocenters. The van der Waals surface area contributed by atoms with Crippen LogP contribution in [0.2, 0.25) is 0 Å². The molecule has 4 rings (SSSR count). The van der Waals surface area contributed by atoms with E-state index >= 15 is 0 Å². The number of nitrogens with one attached hydrogen (secondary N) is 1. The number of likely N-dealkylation sites (N-methyl/N-ethyl adjacent to an activating group) is 1. The van der Waals surface area contributed by atoms with Crippen molar-refractivity contribution in [2.75, 3.05) is 20.1 Å². The van der Waals surface area contributed by atoms with E-state index in [1.54, 1.807) is 18.2 Å². The summed E-state index contributed by atoms with van der Waals surface area (Å²) in [5.74, 6) is -0.497. The van der Waals surface area contributed by atoms with Crippen LogP contribution >= 0.6 is 0 Å². The van der Waals surface area contributed by atoms with Gasteiger partial charge in [-0.15, -0.1) is 0 Å². The molecule has 0 unspecified atom stereocenters. The first-order chi connectivity index (χ1) is 20.0. The number of hydrogen-bond acceptors (Lipinski definition) is 4. The predicted molar refractivity (Wildman–Crippen MR) is 167 cm³/mol. The van der Waals surface area contributed by atoms with E-state index in [1.807, 2.05) is 99.6 Å². The van der Waals surface area contributed by atoms with Gasteiger partial charge >= 0.3 is 0 Å². The van der Waals surface area contributed by atoms with E-state index in [1.165, 1.54) is 11.9 Å². The van der Waals surface area contributed by atoms with E-state index in [9.17, 15) is 18.0 Å². The molecule has 1 N–H and O–H groups in total. The summed E-state index contributed by atoms with van der Waals surface area (Å²) in [4.78, 5) is 29.3. The molecular formula is C34H39N3O4S. The zero-order valence-electron chi connectivity index (χ0n) is 24.7. The predicted octanol–water partition coefficient (Wildman–Crippen LogP) is 5.18. The fourth-order valence-corrected chi connectivity index (χ4v) is 6.01. The second-order valence-corrected chi connectivity index (χ2v) is 13.2. The molecule has 4 aromatic carbocycles. The lowest BCUT2D eigenvalue weighted by atomic mass is 10.0. The van der Waals surface area contributed by atoms with E-state index in [0.717, 1.165) is 31.8 Å². The van der Waals surface area contributed by atoms with Crippen LogP contribution < -0.4 is 5.32 Å². The van der Waals surface area contributed by atoms with E-state index in [0.29, 0.717) is 13.0 Å². The van der Waals surface area contributed by atoms with Crippen LogP contribution in [0.1, 0.15) is 30.5 Å². The lowest BCUT2D eigenvalue weighted by Crippen LogP contribution is -2.53. The van der Waals surface area contributed by atoms with Gasteiger partial charge in [0, 0.05) is 26.6 Å². The Morgan fingerprint density at radius 1 is 0.810 bits per heavy atom. The molecule has 0 aromatic heterocycles. The molecule has 8 heteroatoms. The number of fused-ring (bicyclic) bond motifs is 1. The van der Waals surface area contributed by atoms with Gasteiger partial charge in [-0.3, -0.25) is 9.59 Å². The van der Waals surface area contributed by atoms with Crippen molar-refractivity contribution in [1.29, 1.82) is 0 Å². The zero-order valence-corrected chi connectivity index (χ0v) is 25.5. The van der Waals surface area contributed by atoms with Gasteiger partial charge in [-0.2, -0.15) is 4.31 Å². The van der Waals surface area contributed by atoms with E-state index in [4.69, 9.17) is 0 Å². The normalized spacial score (nSPS) is 12.4. The molecule has 0 aliphatic carbocycles. The lowest BCUT2D eigenvalue weighted by molar-refractivity contribution is -0.141. The molecule has 0 spiro atoms. The minimum Gasteiger partial charge on any atom is -0.354 e. The van der Waals surface area contributed by atoms with Gasteiger partial charge in [-0.1, -0.05) is 104 Å². The van der Waals surface area contributed by atoms with Crippen molar-refractivity contribution in [3.05, 3.63) is 114 Å². The van der Waals surface area contributed by atoms with Crippen LogP contribution in [-0.4, -0.2) is 55.6 Å². The summed E-state index contributed by atoms with van der Waals surface area (Å²) in [7, 11) is -2.58. The second-order valence-electron chi connectivity index (χ2n) is 11.1. The first-order valence-corrected chi connectivity index (χ1v) is 15.6. The van der Waals surface area contributed by atoms with Crippen molar-refractivity contribution in [1.82, 2.24) is 14.5 Å². The zero-order chi connectivity index (χ0) is 30.3. The quantitative estimate of drug-likeness (QED) is 0.248. The molecule has 2 amide bonds. The highest BCUT2D eigenvalue weighted by molar-refractivity contribution is 7.89. The van der Waals surface area contributed by atoms with Crippen LogP contribution in [0, 0.1) is 12.8 Å². The van der Waals surface area contributed by atoms with Crippen LogP contribution in [-0.2, 0) is 32.6 Å². The Hall–Kier alpha value is -4.01. The third kappa shape index (κ3) is 7.84. The van der Waals surface area contributed by atoms with Gasteiger partial charge in [0.2, 0.25) is 21.8 Å². The maximum absolute atomic E-state index is 14.0. The number of carbonyl (C=O) groups is 2. The highest BCUT2D eigenvalue weighted by Crippen LogP contribution is 2.22. The minimum atomic E-state index is -3.98. The van der Waals surface area contributed by atoms with Crippen molar-refractivity contribution in [2.45, 2.75) is 44.7 Å². The third-order valence-electron chi connectivity index (χ3n) is 7.18. The summed E-state index contributed by atoms with van der Waals surface area (Å²) < 4.78 is 28.2.